The van der Waals surface area contributed by atoms with Crippen molar-refractivity contribution in [3.05, 3.63) is 81.9 Å². The highest BCUT2D eigenvalue weighted by Crippen LogP contribution is 2.38. The van der Waals surface area contributed by atoms with Gasteiger partial charge in [-0.05, 0) is 49.6 Å². The lowest BCUT2D eigenvalue weighted by Crippen LogP contribution is -2.46. The molecular formula is C24H24ClFN4O2. The second-order valence-corrected chi connectivity index (χ2v) is 8.62. The van der Waals surface area contributed by atoms with Crippen LogP contribution in [0.4, 0.5) is 10.1 Å². The molecule has 0 bridgehead atoms. The molecule has 0 spiro atoms. The van der Waals surface area contributed by atoms with Crippen molar-refractivity contribution in [3.8, 4) is 0 Å². The molecule has 2 aliphatic heterocycles. The summed E-state index contributed by atoms with van der Waals surface area (Å²) < 4.78 is 20.8. The monoisotopic (exact) mass is 454 g/mol. The molecule has 1 fully saturated rings. The predicted octanol–water partition coefficient (Wildman–Crippen LogP) is 4.78. The molecule has 1 amide bonds. The van der Waals surface area contributed by atoms with Crippen molar-refractivity contribution in [2.24, 2.45) is 0 Å². The van der Waals surface area contributed by atoms with Gasteiger partial charge in [0, 0.05) is 18.8 Å². The number of benzene rings is 2. The number of halogens is 2. The number of carbonyl (C=O) groups excluding carboxylic acids is 1. The molecule has 0 unspecified atom stereocenters. The van der Waals surface area contributed by atoms with Gasteiger partial charge < -0.3 is 15.0 Å². The number of carbonyl (C=O) groups is 1. The van der Waals surface area contributed by atoms with Crippen LogP contribution in [0.3, 0.4) is 0 Å². The van der Waals surface area contributed by atoms with Gasteiger partial charge in [-0.1, -0.05) is 35.9 Å². The molecule has 0 saturated carbocycles. The van der Waals surface area contributed by atoms with E-state index in [4.69, 9.17) is 16.3 Å². The summed E-state index contributed by atoms with van der Waals surface area (Å²) in [7, 11) is 0. The molecule has 5 rings (SSSR count). The van der Waals surface area contributed by atoms with Gasteiger partial charge in [0.25, 0.3) is 5.91 Å². The van der Waals surface area contributed by atoms with E-state index < -0.39 is 6.17 Å². The third-order valence-corrected chi connectivity index (χ3v) is 6.47. The largest absolute Gasteiger partial charge is 0.376 e. The lowest BCUT2D eigenvalue weighted by Gasteiger charge is -2.39. The number of aromatic nitrogens is 2. The van der Waals surface area contributed by atoms with E-state index >= 15 is 0 Å². The Morgan fingerprint density at radius 2 is 2.00 bits per heavy atom. The molecule has 3 heterocycles. The van der Waals surface area contributed by atoms with Gasteiger partial charge in [-0.15, -0.1) is 0 Å². The first kappa shape index (κ1) is 21.0. The van der Waals surface area contributed by atoms with Gasteiger partial charge in [-0.3, -0.25) is 4.79 Å². The van der Waals surface area contributed by atoms with Gasteiger partial charge in [-0.2, -0.15) is 5.10 Å². The SMILES string of the molecule is Cc1nn(Cc2ccc(F)cc2)c(Cl)c1[C@@H]1Nc2ccccc2C(=O)N1C[C@@H]1CCCO1. The number of nitrogens with one attached hydrogen (secondary N) is 1. The Kier molecular flexibility index (Phi) is 5.61. The molecule has 6 nitrogen and oxygen atoms in total. The fourth-order valence-electron chi connectivity index (χ4n) is 4.46. The number of aryl methyl sites for hydroxylation is 1. The standard InChI is InChI=1S/C24H24ClFN4O2/c1-15-21(22(25)30(28-15)13-16-8-10-17(26)11-9-16)23-27-20-7-3-2-6-19(20)24(31)29(23)14-18-5-4-12-32-18/h2-3,6-11,18,23,27H,4-5,12-14H2,1H3/t18-,23+/m0/s1. The van der Waals surface area contributed by atoms with E-state index in [-0.39, 0.29) is 17.8 Å². The second-order valence-electron chi connectivity index (χ2n) is 8.26. The average Bonchev–Trinajstić information content (AvgIpc) is 3.40. The van der Waals surface area contributed by atoms with Crippen molar-refractivity contribution >= 4 is 23.2 Å². The fraction of sp³-hybridized carbons (Fsp3) is 0.333. The third-order valence-electron chi connectivity index (χ3n) is 6.07. The maximum absolute atomic E-state index is 13.5. The second kappa shape index (κ2) is 8.56. The van der Waals surface area contributed by atoms with E-state index in [0.717, 1.165) is 42.0 Å². The lowest BCUT2D eigenvalue weighted by molar-refractivity contribution is 0.0426. The van der Waals surface area contributed by atoms with Crippen LogP contribution in [0.1, 0.15) is 46.2 Å². The number of ether oxygens (including phenoxy) is 1. The highest BCUT2D eigenvalue weighted by atomic mass is 35.5. The summed E-state index contributed by atoms with van der Waals surface area (Å²) in [4.78, 5) is 15.3. The van der Waals surface area contributed by atoms with Crippen LogP contribution in [-0.2, 0) is 11.3 Å². The molecule has 2 aliphatic rings. The Morgan fingerprint density at radius 1 is 1.22 bits per heavy atom. The fourth-order valence-corrected chi connectivity index (χ4v) is 4.80. The number of hydrogen-bond acceptors (Lipinski definition) is 4. The van der Waals surface area contributed by atoms with E-state index in [0.29, 0.717) is 23.8 Å². The summed E-state index contributed by atoms with van der Waals surface area (Å²) >= 11 is 6.82. The Labute approximate surface area is 190 Å². The van der Waals surface area contributed by atoms with Gasteiger partial charge >= 0.3 is 0 Å². The zero-order valence-corrected chi connectivity index (χ0v) is 18.5. The highest BCUT2D eigenvalue weighted by molar-refractivity contribution is 6.30. The maximum atomic E-state index is 13.5. The van der Waals surface area contributed by atoms with E-state index in [1.54, 1.807) is 21.7 Å². The van der Waals surface area contributed by atoms with Crippen molar-refractivity contribution in [2.45, 2.75) is 38.6 Å². The lowest BCUT2D eigenvalue weighted by atomic mass is 10.0. The van der Waals surface area contributed by atoms with E-state index in [2.05, 4.69) is 10.4 Å². The van der Waals surface area contributed by atoms with Crippen molar-refractivity contribution < 1.29 is 13.9 Å². The van der Waals surface area contributed by atoms with Crippen LogP contribution < -0.4 is 5.32 Å². The first-order valence-corrected chi connectivity index (χ1v) is 11.1. The predicted molar refractivity (Wildman–Crippen MR) is 120 cm³/mol. The minimum atomic E-state index is -0.462. The normalized spacial score (nSPS) is 20.3. The van der Waals surface area contributed by atoms with Gasteiger partial charge in [0.15, 0.2) is 0 Å². The minimum absolute atomic E-state index is 0.00172. The van der Waals surface area contributed by atoms with E-state index in [9.17, 15) is 9.18 Å². The summed E-state index contributed by atoms with van der Waals surface area (Å²) in [6.07, 6.45) is 1.46. The topological polar surface area (TPSA) is 59.4 Å². The molecule has 0 radical (unpaired) electrons. The molecule has 32 heavy (non-hydrogen) atoms. The Morgan fingerprint density at radius 3 is 2.75 bits per heavy atom. The molecule has 0 aliphatic carbocycles. The first-order chi connectivity index (χ1) is 15.5. The van der Waals surface area contributed by atoms with Crippen LogP contribution in [0.2, 0.25) is 5.15 Å². The average molecular weight is 455 g/mol. The number of nitrogens with zero attached hydrogens (tertiary/aromatic N) is 3. The number of para-hydroxylation sites is 1. The highest BCUT2D eigenvalue weighted by Gasteiger charge is 2.38. The van der Waals surface area contributed by atoms with Gasteiger partial charge in [-0.25, -0.2) is 9.07 Å². The number of anilines is 1. The Bertz CT molecular complexity index is 1140. The summed E-state index contributed by atoms with van der Waals surface area (Å²) in [6.45, 7) is 3.49. The first-order valence-electron chi connectivity index (χ1n) is 10.8. The van der Waals surface area contributed by atoms with Gasteiger partial charge in [0.2, 0.25) is 0 Å². The van der Waals surface area contributed by atoms with Crippen molar-refractivity contribution in [1.29, 1.82) is 0 Å². The van der Waals surface area contributed by atoms with Gasteiger partial charge in [0.05, 0.1) is 29.5 Å². The quantitative estimate of drug-likeness (QED) is 0.603. The van der Waals surface area contributed by atoms with Crippen LogP contribution in [-0.4, -0.2) is 39.8 Å². The zero-order valence-electron chi connectivity index (χ0n) is 17.7. The number of fused-ring (bicyclic) bond motifs is 1. The summed E-state index contributed by atoms with van der Waals surface area (Å²) in [5.74, 6) is -0.341. The minimum Gasteiger partial charge on any atom is -0.376 e. The summed E-state index contributed by atoms with van der Waals surface area (Å²) in [5, 5.41) is 8.58. The molecule has 2 atom stereocenters. The molecule has 1 saturated heterocycles. The number of hydrogen-bond donors (Lipinski definition) is 1. The van der Waals surface area contributed by atoms with E-state index in [1.165, 1.54) is 12.1 Å². The van der Waals surface area contributed by atoms with Crippen LogP contribution in [0, 0.1) is 12.7 Å². The molecular weight excluding hydrogens is 431 g/mol. The van der Waals surface area contributed by atoms with Crippen LogP contribution in [0.15, 0.2) is 48.5 Å². The Balaban J connectivity index is 1.51. The van der Waals surface area contributed by atoms with Crippen molar-refractivity contribution in [3.63, 3.8) is 0 Å². The van der Waals surface area contributed by atoms with Crippen molar-refractivity contribution in [2.75, 3.05) is 18.5 Å². The van der Waals surface area contributed by atoms with Crippen LogP contribution >= 0.6 is 11.6 Å². The third kappa shape index (κ3) is 3.87. The molecule has 166 valence electrons. The van der Waals surface area contributed by atoms with E-state index in [1.807, 2.05) is 31.2 Å². The molecule has 2 aromatic carbocycles. The van der Waals surface area contributed by atoms with Gasteiger partial charge in [0.1, 0.15) is 17.1 Å². The number of amides is 1. The maximum Gasteiger partial charge on any atom is 0.257 e. The smallest absolute Gasteiger partial charge is 0.257 e. The molecule has 8 heteroatoms. The van der Waals surface area contributed by atoms with Crippen LogP contribution in [0.25, 0.3) is 0 Å². The molecule has 1 N–H and O–H groups in total. The number of rotatable bonds is 5. The summed E-state index contributed by atoms with van der Waals surface area (Å²) in [6, 6.07) is 13.8. The molecule has 1 aromatic heterocycles. The molecule has 3 aromatic rings. The summed E-state index contributed by atoms with van der Waals surface area (Å²) in [5.41, 5.74) is 3.78. The zero-order chi connectivity index (χ0) is 22.2. The Hall–Kier alpha value is -2.90. The van der Waals surface area contributed by atoms with Crippen LogP contribution in [0.5, 0.6) is 0 Å². The van der Waals surface area contributed by atoms with Crippen molar-refractivity contribution in [1.82, 2.24) is 14.7 Å².